The van der Waals surface area contributed by atoms with Gasteiger partial charge in [0.25, 0.3) is 0 Å². The third-order valence-electron chi connectivity index (χ3n) is 1.94. The minimum Gasteiger partial charge on any atom is -0.436 e. The summed E-state index contributed by atoms with van der Waals surface area (Å²) in [4.78, 5) is 7.70. The summed E-state index contributed by atoms with van der Waals surface area (Å²) in [7, 11) is 0. The van der Waals surface area contributed by atoms with Gasteiger partial charge < -0.3 is 4.74 Å². The quantitative estimate of drug-likeness (QED) is 0.772. The maximum Gasteiger partial charge on any atom is 0.223 e. The van der Waals surface area contributed by atoms with Crippen LogP contribution in [0.2, 0.25) is 5.15 Å². The van der Waals surface area contributed by atoms with Gasteiger partial charge in [-0.25, -0.2) is 9.97 Å². The fraction of sp³-hybridized carbons (Fsp3) is 0.300. The second-order valence-corrected chi connectivity index (χ2v) is 3.92. The number of aromatic nitrogens is 4. The molecule has 2 aromatic heterocycles. The van der Waals surface area contributed by atoms with Crippen molar-refractivity contribution >= 4 is 11.6 Å². The van der Waals surface area contributed by atoms with Crippen LogP contribution in [0.3, 0.4) is 0 Å². The topological polar surface area (TPSA) is 52.8 Å². The molecule has 0 bridgehead atoms. The molecule has 2 aromatic rings. The van der Waals surface area contributed by atoms with Gasteiger partial charge in [-0.15, -0.1) is 0 Å². The summed E-state index contributed by atoms with van der Waals surface area (Å²) >= 11 is 5.71. The maximum atomic E-state index is 5.71. The van der Waals surface area contributed by atoms with Gasteiger partial charge in [-0.05, 0) is 13.8 Å². The monoisotopic (exact) mass is 238 g/mol. The Morgan fingerprint density at radius 1 is 1.38 bits per heavy atom. The molecule has 0 saturated heterocycles. The largest absolute Gasteiger partial charge is 0.436 e. The molecular weight excluding hydrogens is 228 g/mol. The van der Waals surface area contributed by atoms with Crippen molar-refractivity contribution in [3.05, 3.63) is 29.9 Å². The van der Waals surface area contributed by atoms with Crippen molar-refractivity contribution in [1.29, 1.82) is 0 Å². The molecule has 0 unspecified atom stereocenters. The Morgan fingerprint density at radius 2 is 2.19 bits per heavy atom. The molecule has 2 rings (SSSR count). The van der Waals surface area contributed by atoms with Crippen LogP contribution in [-0.4, -0.2) is 19.7 Å². The molecular formula is C10H11ClN4O. The second kappa shape index (κ2) is 4.49. The van der Waals surface area contributed by atoms with Gasteiger partial charge in [-0.2, -0.15) is 5.10 Å². The highest BCUT2D eigenvalue weighted by Crippen LogP contribution is 2.20. The second-order valence-electron chi connectivity index (χ2n) is 3.53. The zero-order valence-corrected chi connectivity index (χ0v) is 9.72. The molecule has 0 spiro atoms. The van der Waals surface area contributed by atoms with Crippen molar-refractivity contribution in [1.82, 2.24) is 19.7 Å². The lowest BCUT2D eigenvalue weighted by atomic mass is 10.4. The first-order valence-corrected chi connectivity index (χ1v) is 5.22. The van der Waals surface area contributed by atoms with Gasteiger partial charge in [-0.3, -0.25) is 4.68 Å². The first-order valence-electron chi connectivity index (χ1n) is 4.84. The fourth-order valence-corrected chi connectivity index (χ4v) is 1.29. The SMILES string of the molecule is CC(C)n1cc(Oc2cc(Cl)ncn2)cn1. The van der Waals surface area contributed by atoms with E-state index in [4.69, 9.17) is 16.3 Å². The van der Waals surface area contributed by atoms with Crippen molar-refractivity contribution in [2.75, 3.05) is 0 Å². The summed E-state index contributed by atoms with van der Waals surface area (Å²) in [5.74, 6) is 1.03. The van der Waals surface area contributed by atoms with E-state index in [1.807, 2.05) is 13.8 Å². The molecule has 0 aliphatic rings. The van der Waals surface area contributed by atoms with Crippen LogP contribution in [0, 0.1) is 0 Å². The third kappa shape index (κ3) is 2.49. The van der Waals surface area contributed by atoms with Crippen molar-refractivity contribution in [2.24, 2.45) is 0 Å². The molecule has 6 heteroatoms. The molecule has 0 amide bonds. The minimum absolute atomic E-state index is 0.298. The number of nitrogens with zero attached hydrogens (tertiary/aromatic N) is 4. The van der Waals surface area contributed by atoms with Crippen LogP contribution in [0.25, 0.3) is 0 Å². The van der Waals surface area contributed by atoms with E-state index in [1.54, 1.807) is 23.1 Å². The van der Waals surface area contributed by atoms with Crippen LogP contribution in [0.15, 0.2) is 24.8 Å². The van der Waals surface area contributed by atoms with Crippen LogP contribution in [0.4, 0.5) is 0 Å². The van der Waals surface area contributed by atoms with Gasteiger partial charge in [0.1, 0.15) is 11.5 Å². The van der Waals surface area contributed by atoms with E-state index >= 15 is 0 Å². The van der Waals surface area contributed by atoms with Crippen molar-refractivity contribution in [2.45, 2.75) is 19.9 Å². The standard InChI is InChI=1S/C10H11ClN4O/c1-7(2)15-5-8(4-14-15)16-10-3-9(11)12-6-13-10/h3-7H,1-2H3. The first kappa shape index (κ1) is 10.9. The summed E-state index contributed by atoms with van der Waals surface area (Å²) < 4.78 is 7.27. The maximum absolute atomic E-state index is 5.71. The number of halogens is 1. The molecule has 0 aliphatic carbocycles. The molecule has 2 heterocycles. The summed E-state index contributed by atoms with van der Waals surface area (Å²) in [6.07, 6.45) is 4.79. The predicted octanol–water partition coefficient (Wildman–Crippen LogP) is 2.70. The first-order chi connectivity index (χ1) is 7.65. The third-order valence-corrected chi connectivity index (χ3v) is 2.14. The Morgan fingerprint density at radius 3 is 2.81 bits per heavy atom. The molecule has 0 radical (unpaired) electrons. The van der Waals surface area contributed by atoms with Gasteiger partial charge in [0.05, 0.1) is 12.4 Å². The Bertz CT molecular complexity index is 483. The Kier molecular flexibility index (Phi) is 3.05. The highest BCUT2D eigenvalue weighted by atomic mass is 35.5. The van der Waals surface area contributed by atoms with Crippen molar-refractivity contribution in [3.63, 3.8) is 0 Å². The van der Waals surface area contributed by atoms with Gasteiger partial charge in [0.2, 0.25) is 5.88 Å². The van der Waals surface area contributed by atoms with Crippen molar-refractivity contribution < 1.29 is 4.74 Å². The lowest BCUT2D eigenvalue weighted by Crippen LogP contribution is -1.99. The van der Waals surface area contributed by atoms with E-state index in [9.17, 15) is 0 Å². The summed E-state index contributed by atoms with van der Waals surface area (Å²) in [5, 5.41) is 4.50. The Hall–Kier alpha value is -1.62. The van der Waals surface area contributed by atoms with Gasteiger partial charge in [-0.1, -0.05) is 11.6 Å². The Labute approximate surface area is 98.0 Å². The van der Waals surface area contributed by atoms with E-state index in [2.05, 4.69) is 15.1 Å². The van der Waals surface area contributed by atoms with Crippen LogP contribution >= 0.6 is 11.6 Å². The lowest BCUT2D eigenvalue weighted by molar-refractivity contribution is 0.457. The number of hydrogen-bond donors (Lipinski definition) is 0. The molecule has 0 aromatic carbocycles. The van der Waals surface area contributed by atoms with E-state index in [0.29, 0.717) is 22.8 Å². The molecule has 16 heavy (non-hydrogen) atoms. The average molecular weight is 239 g/mol. The van der Waals surface area contributed by atoms with E-state index in [-0.39, 0.29) is 0 Å². The summed E-state index contributed by atoms with van der Waals surface area (Å²) in [6.45, 7) is 4.08. The molecule has 0 N–H and O–H groups in total. The smallest absolute Gasteiger partial charge is 0.223 e. The minimum atomic E-state index is 0.298. The average Bonchev–Trinajstić information content (AvgIpc) is 2.66. The predicted molar refractivity (Wildman–Crippen MR) is 59.7 cm³/mol. The van der Waals surface area contributed by atoms with Crippen LogP contribution in [0.1, 0.15) is 19.9 Å². The molecule has 0 saturated carbocycles. The number of hydrogen-bond acceptors (Lipinski definition) is 4. The summed E-state index contributed by atoms with van der Waals surface area (Å²) in [5.41, 5.74) is 0. The number of rotatable bonds is 3. The normalized spacial score (nSPS) is 10.8. The van der Waals surface area contributed by atoms with Gasteiger partial charge in [0, 0.05) is 12.1 Å². The lowest BCUT2D eigenvalue weighted by Gasteiger charge is -2.03. The van der Waals surface area contributed by atoms with Crippen LogP contribution in [0.5, 0.6) is 11.6 Å². The molecule has 5 nitrogen and oxygen atoms in total. The molecule has 0 aliphatic heterocycles. The zero-order valence-electron chi connectivity index (χ0n) is 8.96. The van der Waals surface area contributed by atoms with Gasteiger partial charge >= 0.3 is 0 Å². The van der Waals surface area contributed by atoms with E-state index < -0.39 is 0 Å². The highest BCUT2D eigenvalue weighted by molar-refractivity contribution is 6.29. The van der Waals surface area contributed by atoms with E-state index in [1.165, 1.54) is 6.33 Å². The summed E-state index contributed by atoms with van der Waals surface area (Å²) in [6, 6.07) is 1.85. The van der Waals surface area contributed by atoms with Crippen LogP contribution < -0.4 is 4.74 Å². The highest BCUT2D eigenvalue weighted by Gasteiger charge is 2.04. The number of ether oxygens (including phenoxy) is 1. The zero-order chi connectivity index (χ0) is 11.5. The van der Waals surface area contributed by atoms with Crippen molar-refractivity contribution in [3.8, 4) is 11.6 Å². The molecule has 0 fully saturated rings. The fourth-order valence-electron chi connectivity index (χ4n) is 1.15. The van der Waals surface area contributed by atoms with Gasteiger partial charge in [0.15, 0.2) is 5.75 Å². The Balaban J connectivity index is 2.14. The molecule has 0 atom stereocenters. The molecule has 84 valence electrons. The van der Waals surface area contributed by atoms with E-state index in [0.717, 1.165) is 0 Å². The van der Waals surface area contributed by atoms with Crippen LogP contribution in [-0.2, 0) is 0 Å².